The van der Waals surface area contributed by atoms with Gasteiger partial charge in [-0.05, 0) is 26.3 Å². The van der Waals surface area contributed by atoms with Crippen LogP contribution < -0.4 is 5.73 Å². The standard InChI is InChI=1S/C13H21NOS/c1-12(2,14)9-16-10-13(3,15)11-7-5-4-6-8-11/h4-8,15H,9-10,14H2,1-3H3. The molecule has 0 amide bonds. The first-order valence-electron chi connectivity index (χ1n) is 5.46. The van der Waals surface area contributed by atoms with Crippen LogP contribution in [0.1, 0.15) is 26.3 Å². The molecule has 0 aliphatic rings. The summed E-state index contributed by atoms with van der Waals surface area (Å²) in [5.41, 5.74) is 5.89. The molecule has 0 aromatic heterocycles. The van der Waals surface area contributed by atoms with Gasteiger partial charge in [0.15, 0.2) is 0 Å². The Hall–Kier alpha value is -0.510. The van der Waals surface area contributed by atoms with Crippen LogP contribution in [-0.2, 0) is 5.60 Å². The lowest BCUT2D eigenvalue weighted by molar-refractivity contribution is 0.0839. The third-order valence-electron chi connectivity index (χ3n) is 2.25. The van der Waals surface area contributed by atoms with Crippen molar-refractivity contribution in [3.8, 4) is 0 Å². The highest BCUT2D eigenvalue weighted by Gasteiger charge is 2.23. The Morgan fingerprint density at radius 2 is 1.69 bits per heavy atom. The Bertz CT molecular complexity index is 316. The van der Waals surface area contributed by atoms with Gasteiger partial charge >= 0.3 is 0 Å². The first-order valence-corrected chi connectivity index (χ1v) is 6.61. The van der Waals surface area contributed by atoms with E-state index in [4.69, 9.17) is 5.73 Å². The van der Waals surface area contributed by atoms with E-state index in [9.17, 15) is 5.11 Å². The molecule has 3 N–H and O–H groups in total. The maximum Gasteiger partial charge on any atom is 0.0958 e. The fourth-order valence-corrected chi connectivity index (χ4v) is 2.59. The van der Waals surface area contributed by atoms with E-state index in [1.807, 2.05) is 51.1 Å². The third kappa shape index (κ3) is 4.56. The second kappa shape index (κ2) is 5.21. The zero-order valence-corrected chi connectivity index (χ0v) is 11.1. The minimum Gasteiger partial charge on any atom is -0.385 e. The molecule has 90 valence electrons. The predicted octanol–water partition coefficient (Wildman–Crippen LogP) is 2.36. The summed E-state index contributed by atoms with van der Waals surface area (Å²) in [6.07, 6.45) is 0. The highest BCUT2D eigenvalue weighted by atomic mass is 32.2. The number of thioether (sulfide) groups is 1. The fourth-order valence-electron chi connectivity index (χ4n) is 1.39. The second-order valence-electron chi connectivity index (χ2n) is 5.12. The topological polar surface area (TPSA) is 46.2 Å². The van der Waals surface area contributed by atoms with Gasteiger partial charge in [-0.25, -0.2) is 0 Å². The van der Waals surface area contributed by atoms with E-state index in [1.165, 1.54) is 0 Å². The van der Waals surface area contributed by atoms with Crippen molar-refractivity contribution in [2.24, 2.45) is 5.73 Å². The molecule has 1 unspecified atom stereocenters. The molecule has 1 rings (SSSR count). The predicted molar refractivity (Wildman–Crippen MR) is 71.6 cm³/mol. The summed E-state index contributed by atoms with van der Waals surface area (Å²) in [5.74, 6) is 1.51. The van der Waals surface area contributed by atoms with E-state index in [0.717, 1.165) is 11.3 Å². The summed E-state index contributed by atoms with van der Waals surface area (Å²) in [6, 6.07) is 9.75. The van der Waals surface area contributed by atoms with Gasteiger partial charge in [-0.15, -0.1) is 0 Å². The van der Waals surface area contributed by atoms with Gasteiger partial charge in [0.05, 0.1) is 5.60 Å². The number of hydrogen-bond donors (Lipinski definition) is 2. The van der Waals surface area contributed by atoms with Crippen LogP contribution in [-0.4, -0.2) is 22.2 Å². The number of nitrogens with two attached hydrogens (primary N) is 1. The fraction of sp³-hybridized carbons (Fsp3) is 0.538. The van der Waals surface area contributed by atoms with E-state index >= 15 is 0 Å². The Morgan fingerprint density at radius 3 is 2.19 bits per heavy atom. The van der Waals surface area contributed by atoms with Crippen LogP contribution >= 0.6 is 11.8 Å². The monoisotopic (exact) mass is 239 g/mol. The normalized spacial score (nSPS) is 15.8. The van der Waals surface area contributed by atoms with Crippen LogP contribution in [0, 0.1) is 0 Å². The Morgan fingerprint density at radius 1 is 1.12 bits per heavy atom. The van der Waals surface area contributed by atoms with Crippen LogP contribution in [0.25, 0.3) is 0 Å². The maximum absolute atomic E-state index is 10.3. The van der Waals surface area contributed by atoms with Crippen molar-refractivity contribution in [3.63, 3.8) is 0 Å². The van der Waals surface area contributed by atoms with Gasteiger partial charge in [0.2, 0.25) is 0 Å². The van der Waals surface area contributed by atoms with Crippen LogP contribution in [0.15, 0.2) is 30.3 Å². The number of rotatable bonds is 5. The molecular weight excluding hydrogens is 218 g/mol. The summed E-state index contributed by atoms with van der Waals surface area (Å²) in [5, 5.41) is 10.3. The van der Waals surface area contributed by atoms with Crippen molar-refractivity contribution < 1.29 is 5.11 Å². The minimum absolute atomic E-state index is 0.183. The molecule has 0 aliphatic carbocycles. The Balaban J connectivity index is 2.53. The molecule has 1 aromatic rings. The molecule has 0 aliphatic heterocycles. The summed E-state index contributed by atoms with van der Waals surface area (Å²) < 4.78 is 0. The summed E-state index contributed by atoms with van der Waals surface area (Å²) in [6.45, 7) is 5.84. The van der Waals surface area contributed by atoms with E-state index in [1.54, 1.807) is 11.8 Å². The van der Waals surface area contributed by atoms with Crippen LogP contribution in [0.5, 0.6) is 0 Å². The van der Waals surface area contributed by atoms with Crippen molar-refractivity contribution in [3.05, 3.63) is 35.9 Å². The van der Waals surface area contributed by atoms with E-state index in [2.05, 4.69) is 0 Å². The first kappa shape index (κ1) is 13.6. The van der Waals surface area contributed by atoms with Gasteiger partial charge in [0.1, 0.15) is 0 Å². The number of aliphatic hydroxyl groups is 1. The minimum atomic E-state index is -0.781. The summed E-state index contributed by atoms with van der Waals surface area (Å²) >= 11 is 1.69. The molecule has 0 saturated heterocycles. The molecule has 0 spiro atoms. The van der Waals surface area contributed by atoms with E-state index in [0.29, 0.717) is 5.75 Å². The quantitative estimate of drug-likeness (QED) is 0.829. The Kier molecular flexibility index (Phi) is 4.42. The molecule has 1 atom stereocenters. The molecule has 0 radical (unpaired) electrons. The van der Waals surface area contributed by atoms with Crippen molar-refractivity contribution in [2.75, 3.05) is 11.5 Å². The molecule has 2 nitrogen and oxygen atoms in total. The van der Waals surface area contributed by atoms with E-state index < -0.39 is 5.60 Å². The molecular formula is C13H21NOS. The van der Waals surface area contributed by atoms with Crippen molar-refractivity contribution >= 4 is 11.8 Å². The molecule has 0 saturated carbocycles. The van der Waals surface area contributed by atoms with Gasteiger partial charge < -0.3 is 10.8 Å². The number of hydrogen-bond acceptors (Lipinski definition) is 3. The van der Waals surface area contributed by atoms with Crippen molar-refractivity contribution in [1.29, 1.82) is 0 Å². The lowest BCUT2D eigenvalue weighted by Gasteiger charge is -2.25. The van der Waals surface area contributed by atoms with Crippen molar-refractivity contribution in [1.82, 2.24) is 0 Å². The van der Waals surface area contributed by atoms with Crippen LogP contribution in [0.4, 0.5) is 0 Å². The smallest absolute Gasteiger partial charge is 0.0958 e. The SMILES string of the molecule is CC(C)(N)CSCC(C)(O)c1ccccc1. The second-order valence-corrected chi connectivity index (χ2v) is 6.11. The summed E-state index contributed by atoms with van der Waals surface area (Å²) in [4.78, 5) is 0. The van der Waals surface area contributed by atoms with Gasteiger partial charge in [0, 0.05) is 17.0 Å². The van der Waals surface area contributed by atoms with Crippen molar-refractivity contribution in [2.45, 2.75) is 31.9 Å². The lowest BCUT2D eigenvalue weighted by atomic mass is 9.99. The van der Waals surface area contributed by atoms with Gasteiger partial charge in [-0.1, -0.05) is 30.3 Å². The zero-order valence-electron chi connectivity index (χ0n) is 10.2. The largest absolute Gasteiger partial charge is 0.385 e. The third-order valence-corrected chi connectivity index (χ3v) is 3.97. The average Bonchev–Trinajstić information content (AvgIpc) is 2.17. The van der Waals surface area contributed by atoms with Crippen LogP contribution in [0.2, 0.25) is 0 Å². The van der Waals surface area contributed by atoms with E-state index in [-0.39, 0.29) is 5.54 Å². The molecule has 0 bridgehead atoms. The van der Waals surface area contributed by atoms with Gasteiger partial charge in [-0.3, -0.25) is 0 Å². The molecule has 1 aromatic carbocycles. The molecule has 3 heteroatoms. The maximum atomic E-state index is 10.3. The summed E-state index contributed by atoms with van der Waals surface area (Å²) in [7, 11) is 0. The molecule has 0 fully saturated rings. The molecule has 16 heavy (non-hydrogen) atoms. The lowest BCUT2D eigenvalue weighted by Crippen LogP contribution is -2.36. The highest BCUT2D eigenvalue weighted by Crippen LogP contribution is 2.26. The van der Waals surface area contributed by atoms with Gasteiger partial charge in [0.25, 0.3) is 0 Å². The number of benzene rings is 1. The van der Waals surface area contributed by atoms with Crippen LogP contribution in [0.3, 0.4) is 0 Å². The Labute approximate surface area is 102 Å². The zero-order chi connectivity index (χ0) is 12.2. The average molecular weight is 239 g/mol. The first-order chi connectivity index (χ1) is 7.31. The molecule has 0 heterocycles. The van der Waals surface area contributed by atoms with Gasteiger partial charge in [-0.2, -0.15) is 11.8 Å². The highest BCUT2D eigenvalue weighted by molar-refractivity contribution is 7.99.